The normalized spacial score (nSPS) is 19.9. The van der Waals surface area contributed by atoms with E-state index in [0.29, 0.717) is 0 Å². The molecule has 1 aromatic heterocycles. The Bertz CT molecular complexity index is 336. The van der Waals surface area contributed by atoms with Gasteiger partial charge in [-0.3, -0.25) is 0 Å². The highest BCUT2D eigenvalue weighted by Crippen LogP contribution is 2.02. The van der Waals surface area contributed by atoms with E-state index >= 15 is 0 Å². The summed E-state index contributed by atoms with van der Waals surface area (Å²) in [6.07, 6.45) is -0.408. The standard InChI is InChI=1S/C5H5BrN2/c1-4-2-5(6)8-3-7-4/h2-3H,1H3/i1D3,2D,3D. The van der Waals surface area contributed by atoms with E-state index in [1.165, 1.54) is 0 Å². The lowest BCUT2D eigenvalue weighted by Gasteiger charge is -1.87. The van der Waals surface area contributed by atoms with Crippen molar-refractivity contribution >= 4 is 15.9 Å². The third kappa shape index (κ3) is 1.26. The lowest BCUT2D eigenvalue weighted by Crippen LogP contribution is -1.80. The maximum absolute atomic E-state index is 7.33. The SMILES string of the molecule is [2H]c1nc(Br)c([2H])c(C([2H])([2H])[2H])n1. The number of rotatable bonds is 0. The second kappa shape index (κ2) is 2.22. The molecule has 0 saturated heterocycles. The van der Waals surface area contributed by atoms with Gasteiger partial charge < -0.3 is 0 Å². The Kier molecular flexibility index (Phi) is 0.572. The molecule has 0 aliphatic rings. The number of nitrogens with zero attached hydrogens (tertiary/aromatic N) is 2. The Labute approximate surface area is 63.1 Å². The summed E-state index contributed by atoms with van der Waals surface area (Å²) in [5, 5.41) is 0. The summed E-state index contributed by atoms with van der Waals surface area (Å²) in [7, 11) is 0. The van der Waals surface area contributed by atoms with Crippen LogP contribution in [-0.2, 0) is 0 Å². The summed E-state index contributed by atoms with van der Waals surface area (Å²) in [4.78, 5) is 6.86. The van der Waals surface area contributed by atoms with Gasteiger partial charge in [0.2, 0.25) is 0 Å². The van der Waals surface area contributed by atoms with E-state index in [0.717, 1.165) is 0 Å². The quantitative estimate of drug-likeness (QED) is 0.563. The average Bonchev–Trinajstić information content (AvgIpc) is 1.94. The van der Waals surface area contributed by atoms with Gasteiger partial charge in [0.1, 0.15) is 12.3 Å². The van der Waals surface area contributed by atoms with Gasteiger partial charge in [0.05, 0.1) is 1.37 Å². The van der Waals surface area contributed by atoms with Gasteiger partial charge in [0, 0.05) is 9.81 Å². The van der Waals surface area contributed by atoms with Gasteiger partial charge >= 0.3 is 0 Å². The minimum Gasteiger partial charge on any atom is -0.242 e. The molecule has 0 N–H and O–H groups in total. The Morgan fingerprint density at radius 3 is 3.50 bits per heavy atom. The van der Waals surface area contributed by atoms with Crippen molar-refractivity contribution in [1.29, 1.82) is 0 Å². The van der Waals surface area contributed by atoms with Gasteiger partial charge in [-0.05, 0) is 28.8 Å². The van der Waals surface area contributed by atoms with Crippen LogP contribution in [0, 0.1) is 6.85 Å². The second-order valence-corrected chi connectivity index (χ2v) is 1.84. The summed E-state index contributed by atoms with van der Waals surface area (Å²) in [6.45, 7) is -2.47. The highest BCUT2D eigenvalue weighted by molar-refractivity contribution is 9.10. The molecule has 0 amide bonds. The smallest absolute Gasteiger partial charge is 0.116 e. The van der Waals surface area contributed by atoms with Crippen LogP contribution in [0.5, 0.6) is 0 Å². The van der Waals surface area contributed by atoms with Crippen molar-refractivity contribution in [2.75, 3.05) is 0 Å². The molecule has 1 aromatic rings. The number of hydrogen-bond acceptors (Lipinski definition) is 2. The molecule has 2 nitrogen and oxygen atoms in total. The van der Waals surface area contributed by atoms with Crippen molar-refractivity contribution in [2.45, 2.75) is 6.85 Å². The van der Waals surface area contributed by atoms with Crippen LogP contribution in [0.15, 0.2) is 16.9 Å². The van der Waals surface area contributed by atoms with Crippen LogP contribution < -0.4 is 0 Å². The molecule has 0 radical (unpaired) electrons. The Hall–Kier alpha value is -0.440. The molecule has 1 rings (SSSR count). The summed E-state index contributed by atoms with van der Waals surface area (Å²) < 4.78 is 35.5. The number of aryl methyl sites for hydroxylation is 1. The molecule has 0 aromatic carbocycles. The van der Waals surface area contributed by atoms with Crippen molar-refractivity contribution in [3.63, 3.8) is 0 Å². The monoisotopic (exact) mass is 177 g/mol. The summed E-state index contributed by atoms with van der Waals surface area (Å²) in [6, 6.07) is -0.295. The molecule has 0 spiro atoms. The van der Waals surface area contributed by atoms with Crippen LogP contribution in [0.4, 0.5) is 0 Å². The van der Waals surface area contributed by atoms with Crippen LogP contribution in [-0.4, -0.2) is 9.97 Å². The Morgan fingerprint density at radius 1 is 1.88 bits per heavy atom. The molecular weight excluding hydrogens is 168 g/mol. The first-order valence-corrected chi connectivity index (χ1v) is 2.63. The zero-order chi connectivity index (χ0) is 10.2. The predicted octanol–water partition coefficient (Wildman–Crippen LogP) is 1.55. The van der Waals surface area contributed by atoms with Gasteiger partial charge in [-0.25, -0.2) is 9.97 Å². The lowest BCUT2D eigenvalue weighted by atomic mass is 10.5. The summed E-state index contributed by atoms with van der Waals surface area (Å²) in [5.41, 5.74) is -0.403. The maximum atomic E-state index is 7.33. The van der Waals surface area contributed by atoms with E-state index in [1.807, 2.05) is 0 Å². The van der Waals surface area contributed by atoms with Crippen molar-refractivity contribution in [3.8, 4) is 0 Å². The van der Waals surface area contributed by atoms with Gasteiger partial charge in [-0.15, -0.1) is 0 Å². The van der Waals surface area contributed by atoms with E-state index in [4.69, 9.17) is 6.85 Å². The van der Waals surface area contributed by atoms with Gasteiger partial charge in [-0.1, -0.05) is 0 Å². The average molecular weight is 178 g/mol. The van der Waals surface area contributed by atoms with E-state index in [2.05, 4.69) is 25.9 Å². The third-order valence-electron chi connectivity index (χ3n) is 0.532. The van der Waals surface area contributed by atoms with Gasteiger partial charge in [0.15, 0.2) is 0 Å². The molecule has 0 unspecified atom stereocenters. The molecule has 0 fully saturated rings. The van der Waals surface area contributed by atoms with Gasteiger partial charge in [0.25, 0.3) is 0 Å². The molecule has 1 heterocycles. The maximum Gasteiger partial charge on any atom is 0.116 e. The minimum absolute atomic E-state index is 0.0265. The summed E-state index contributed by atoms with van der Waals surface area (Å²) >= 11 is 2.88. The van der Waals surface area contributed by atoms with E-state index in [9.17, 15) is 0 Å². The fourth-order valence-corrected chi connectivity index (χ4v) is 0.540. The molecule has 0 saturated carbocycles. The topological polar surface area (TPSA) is 25.8 Å². The van der Waals surface area contributed by atoms with E-state index < -0.39 is 18.8 Å². The van der Waals surface area contributed by atoms with Crippen LogP contribution in [0.1, 0.15) is 12.5 Å². The number of hydrogen-bond donors (Lipinski definition) is 0. The summed E-state index contributed by atoms with van der Waals surface area (Å²) in [5.74, 6) is 0. The fourth-order valence-electron chi connectivity index (χ4n) is 0.273. The zero-order valence-corrected chi connectivity index (χ0v) is 5.36. The van der Waals surface area contributed by atoms with E-state index in [1.54, 1.807) is 0 Å². The van der Waals surface area contributed by atoms with E-state index in [-0.39, 0.29) is 10.6 Å². The Morgan fingerprint density at radius 2 is 2.75 bits per heavy atom. The zero-order valence-electron chi connectivity index (χ0n) is 8.77. The molecule has 0 bridgehead atoms. The molecular formula is C5H5BrN2. The molecule has 0 aliphatic heterocycles. The van der Waals surface area contributed by atoms with Crippen molar-refractivity contribution in [1.82, 2.24) is 9.97 Å². The van der Waals surface area contributed by atoms with Crippen LogP contribution in [0.2, 0.25) is 0 Å². The molecule has 42 valence electrons. The van der Waals surface area contributed by atoms with Crippen LogP contribution in [0.25, 0.3) is 0 Å². The van der Waals surface area contributed by atoms with Crippen molar-refractivity contribution in [3.05, 3.63) is 22.6 Å². The number of halogens is 1. The molecule has 0 aliphatic carbocycles. The highest BCUT2D eigenvalue weighted by atomic mass is 79.9. The van der Waals surface area contributed by atoms with Crippen molar-refractivity contribution in [2.24, 2.45) is 0 Å². The first kappa shape index (κ1) is 2.06. The number of aromatic nitrogens is 2. The van der Waals surface area contributed by atoms with Crippen LogP contribution >= 0.6 is 15.9 Å². The molecule has 0 atom stereocenters. The molecule has 8 heavy (non-hydrogen) atoms. The highest BCUT2D eigenvalue weighted by Gasteiger charge is 1.85. The van der Waals surface area contributed by atoms with Gasteiger partial charge in [-0.2, -0.15) is 0 Å². The fraction of sp³-hybridized carbons (Fsp3) is 0.200. The molecule has 3 heteroatoms. The Balaban J connectivity index is 3.37. The van der Waals surface area contributed by atoms with Crippen molar-refractivity contribution < 1.29 is 6.85 Å². The third-order valence-corrected chi connectivity index (χ3v) is 0.907. The minimum atomic E-state index is -2.47. The van der Waals surface area contributed by atoms with Crippen LogP contribution in [0.3, 0.4) is 0 Å². The first-order valence-electron chi connectivity index (χ1n) is 4.33. The largest absolute Gasteiger partial charge is 0.242 e. The first-order chi connectivity index (χ1) is 5.82. The second-order valence-electron chi connectivity index (χ2n) is 1.09. The lowest BCUT2D eigenvalue weighted by molar-refractivity contribution is 1.08. The predicted molar refractivity (Wildman–Crippen MR) is 34.5 cm³/mol.